The van der Waals surface area contributed by atoms with Crippen molar-refractivity contribution in [3.05, 3.63) is 70.9 Å². The standard InChI is InChI=1S/C18H16N2/c1-13-6-7-14(2)16(10-13)12-20-9-8-17-15(11-19)4-3-5-18(17)20/h3-10H,12H2,1-2H3. The Morgan fingerprint density at radius 2 is 1.95 bits per heavy atom. The largest absolute Gasteiger partial charge is 0.343 e. The van der Waals surface area contributed by atoms with Crippen LogP contribution in [0.3, 0.4) is 0 Å². The Balaban J connectivity index is 2.08. The molecule has 98 valence electrons. The van der Waals surface area contributed by atoms with E-state index in [4.69, 9.17) is 5.26 Å². The first kappa shape index (κ1) is 12.5. The second kappa shape index (κ2) is 4.86. The lowest BCUT2D eigenvalue weighted by atomic mass is 10.1. The van der Waals surface area contributed by atoms with Gasteiger partial charge in [0.2, 0.25) is 0 Å². The fraction of sp³-hybridized carbons (Fsp3) is 0.167. The molecule has 1 heterocycles. The van der Waals surface area contributed by atoms with Gasteiger partial charge in [-0.15, -0.1) is 0 Å². The Morgan fingerprint density at radius 3 is 2.75 bits per heavy atom. The van der Waals surface area contributed by atoms with Crippen molar-refractivity contribution in [3.8, 4) is 6.07 Å². The second-order valence-corrected chi connectivity index (χ2v) is 5.22. The molecule has 0 N–H and O–H groups in total. The predicted octanol–water partition coefficient (Wildman–Crippen LogP) is 4.18. The summed E-state index contributed by atoms with van der Waals surface area (Å²) in [5.41, 5.74) is 5.76. The molecule has 0 atom stereocenters. The Bertz CT molecular complexity index is 819. The summed E-state index contributed by atoms with van der Waals surface area (Å²) < 4.78 is 2.21. The molecule has 2 heteroatoms. The molecule has 20 heavy (non-hydrogen) atoms. The van der Waals surface area contributed by atoms with Crippen LogP contribution in [0.4, 0.5) is 0 Å². The molecule has 0 amide bonds. The number of aromatic nitrogens is 1. The Hall–Kier alpha value is -2.53. The monoisotopic (exact) mass is 260 g/mol. The molecule has 0 radical (unpaired) electrons. The smallest absolute Gasteiger partial charge is 0.0998 e. The highest BCUT2D eigenvalue weighted by Crippen LogP contribution is 2.22. The molecule has 0 bridgehead atoms. The van der Waals surface area contributed by atoms with Crippen molar-refractivity contribution < 1.29 is 0 Å². The molecule has 0 spiro atoms. The van der Waals surface area contributed by atoms with Crippen molar-refractivity contribution in [1.82, 2.24) is 4.57 Å². The Morgan fingerprint density at radius 1 is 1.10 bits per heavy atom. The minimum Gasteiger partial charge on any atom is -0.343 e. The summed E-state index contributed by atoms with van der Waals surface area (Å²) in [4.78, 5) is 0. The molecule has 0 aliphatic rings. The van der Waals surface area contributed by atoms with Crippen LogP contribution >= 0.6 is 0 Å². The van der Waals surface area contributed by atoms with Crippen molar-refractivity contribution in [3.63, 3.8) is 0 Å². The van der Waals surface area contributed by atoms with E-state index in [1.54, 1.807) is 0 Å². The fourth-order valence-electron chi connectivity index (χ4n) is 2.61. The highest BCUT2D eigenvalue weighted by molar-refractivity contribution is 5.86. The van der Waals surface area contributed by atoms with Crippen LogP contribution in [0.5, 0.6) is 0 Å². The van der Waals surface area contributed by atoms with Crippen molar-refractivity contribution in [2.75, 3.05) is 0 Å². The van der Waals surface area contributed by atoms with E-state index in [1.165, 1.54) is 16.7 Å². The zero-order valence-electron chi connectivity index (χ0n) is 11.7. The first-order valence-corrected chi connectivity index (χ1v) is 6.73. The quantitative estimate of drug-likeness (QED) is 0.679. The van der Waals surface area contributed by atoms with E-state index in [-0.39, 0.29) is 0 Å². The molecule has 3 aromatic rings. The molecule has 0 saturated heterocycles. The third kappa shape index (κ3) is 2.08. The van der Waals surface area contributed by atoms with Gasteiger partial charge in [0, 0.05) is 23.6 Å². The van der Waals surface area contributed by atoms with Crippen LogP contribution in [-0.4, -0.2) is 4.57 Å². The van der Waals surface area contributed by atoms with Crippen LogP contribution in [-0.2, 0) is 6.54 Å². The summed E-state index contributed by atoms with van der Waals surface area (Å²) in [5.74, 6) is 0. The molecule has 3 rings (SSSR count). The summed E-state index contributed by atoms with van der Waals surface area (Å²) in [6.45, 7) is 5.09. The zero-order valence-corrected chi connectivity index (χ0v) is 11.7. The van der Waals surface area contributed by atoms with Crippen molar-refractivity contribution in [2.24, 2.45) is 0 Å². The van der Waals surface area contributed by atoms with Crippen molar-refractivity contribution in [1.29, 1.82) is 5.26 Å². The van der Waals surface area contributed by atoms with Crippen molar-refractivity contribution >= 4 is 10.9 Å². The minimum atomic E-state index is 0.738. The maximum absolute atomic E-state index is 9.16. The van der Waals surface area contributed by atoms with Crippen LogP contribution in [0.2, 0.25) is 0 Å². The van der Waals surface area contributed by atoms with Gasteiger partial charge in [0.25, 0.3) is 0 Å². The predicted molar refractivity (Wildman–Crippen MR) is 81.7 cm³/mol. The zero-order chi connectivity index (χ0) is 14.1. The number of aryl methyl sites for hydroxylation is 2. The molecule has 0 saturated carbocycles. The minimum absolute atomic E-state index is 0.738. The molecule has 0 aliphatic carbocycles. The molecule has 0 fully saturated rings. The van der Waals surface area contributed by atoms with E-state index in [1.807, 2.05) is 18.2 Å². The van der Waals surface area contributed by atoms with Gasteiger partial charge >= 0.3 is 0 Å². The second-order valence-electron chi connectivity index (χ2n) is 5.22. The summed E-state index contributed by atoms with van der Waals surface area (Å²) >= 11 is 0. The van der Waals surface area contributed by atoms with Crippen LogP contribution in [0.15, 0.2) is 48.7 Å². The number of benzene rings is 2. The van der Waals surface area contributed by atoms with Crippen LogP contribution in [0.25, 0.3) is 10.9 Å². The number of nitrogens with zero attached hydrogens (tertiary/aromatic N) is 2. The van der Waals surface area contributed by atoms with E-state index in [2.05, 4.69) is 54.9 Å². The molecule has 0 unspecified atom stereocenters. The maximum Gasteiger partial charge on any atom is 0.0998 e. The van der Waals surface area contributed by atoms with Crippen LogP contribution < -0.4 is 0 Å². The van der Waals surface area contributed by atoms with Gasteiger partial charge in [0.05, 0.1) is 11.6 Å². The number of hydrogen-bond acceptors (Lipinski definition) is 1. The summed E-state index contributed by atoms with van der Waals surface area (Å²) in [7, 11) is 0. The highest BCUT2D eigenvalue weighted by Gasteiger charge is 2.06. The number of fused-ring (bicyclic) bond motifs is 1. The molecular formula is C18H16N2. The van der Waals surface area contributed by atoms with Gasteiger partial charge in [0.15, 0.2) is 0 Å². The summed E-state index contributed by atoms with van der Waals surface area (Å²) in [6, 6.07) is 16.7. The van der Waals surface area contributed by atoms with E-state index in [0.717, 1.165) is 23.0 Å². The van der Waals surface area contributed by atoms with Crippen LogP contribution in [0.1, 0.15) is 22.3 Å². The van der Waals surface area contributed by atoms with Gasteiger partial charge in [-0.05, 0) is 43.2 Å². The lowest BCUT2D eigenvalue weighted by molar-refractivity contribution is 0.829. The van der Waals surface area contributed by atoms with Crippen LogP contribution in [0, 0.1) is 25.2 Å². The Kier molecular flexibility index (Phi) is 3.04. The van der Waals surface area contributed by atoms with E-state index < -0.39 is 0 Å². The average Bonchev–Trinajstić information content (AvgIpc) is 2.86. The van der Waals surface area contributed by atoms with Gasteiger partial charge in [-0.2, -0.15) is 5.26 Å². The number of hydrogen-bond donors (Lipinski definition) is 0. The van der Waals surface area contributed by atoms with E-state index in [0.29, 0.717) is 0 Å². The van der Waals surface area contributed by atoms with E-state index in [9.17, 15) is 0 Å². The third-order valence-electron chi connectivity index (χ3n) is 3.78. The average molecular weight is 260 g/mol. The molecule has 1 aromatic heterocycles. The molecular weight excluding hydrogens is 244 g/mol. The van der Waals surface area contributed by atoms with Gasteiger partial charge in [-0.25, -0.2) is 0 Å². The molecule has 0 aliphatic heterocycles. The SMILES string of the molecule is Cc1ccc(C)c(Cn2ccc3c(C#N)cccc32)c1. The number of nitriles is 1. The first-order valence-electron chi connectivity index (χ1n) is 6.73. The lowest BCUT2D eigenvalue weighted by Gasteiger charge is -2.10. The third-order valence-corrected chi connectivity index (χ3v) is 3.78. The van der Waals surface area contributed by atoms with Gasteiger partial charge < -0.3 is 4.57 Å². The molecule has 2 aromatic carbocycles. The van der Waals surface area contributed by atoms with E-state index >= 15 is 0 Å². The fourth-order valence-corrected chi connectivity index (χ4v) is 2.61. The Labute approximate surface area is 118 Å². The normalized spacial score (nSPS) is 10.7. The summed E-state index contributed by atoms with van der Waals surface area (Å²) in [5, 5.41) is 10.2. The van der Waals surface area contributed by atoms with Crippen molar-refractivity contribution in [2.45, 2.75) is 20.4 Å². The number of rotatable bonds is 2. The van der Waals surface area contributed by atoms with Gasteiger partial charge in [0.1, 0.15) is 0 Å². The van der Waals surface area contributed by atoms with Gasteiger partial charge in [-0.1, -0.05) is 29.8 Å². The van der Waals surface area contributed by atoms with Gasteiger partial charge in [-0.3, -0.25) is 0 Å². The lowest BCUT2D eigenvalue weighted by Crippen LogP contribution is -2.00. The first-order chi connectivity index (χ1) is 9.69. The molecule has 2 nitrogen and oxygen atoms in total. The maximum atomic E-state index is 9.16. The topological polar surface area (TPSA) is 28.7 Å². The summed E-state index contributed by atoms with van der Waals surface area (Å²) in [6.07, 6.45) is 2.06. The highest BCUT2D eigenvalue weighted by atomic mass is 14.9.